The number of methoxy groups -OCH3 is 1. The number of aldehydes is 1. The quantitative estimate of drug-likeness (QED) is 0.278. The Bertz CT molecular complexity index is 1260. The topological polar surface area (TPSA) is 98.8 Å². The Morgan fingerprint density at radius 1 is 1.23 bits per heavy atom. The van der Waals surface area contributed by atoms with Crippen LogP contribution in [0.3, 0.4) is 0 Å². The highest BCUT2D eigenvalue weighted by Gasteiger charge is 2.30. The molecule has 0 saturated carbocycles. The summed E-state index contributed by atoms with van der Waals surface area (Å²) in [5, 5.41) is 3.48. The van der Waals surface area contributed by atoms with Gasteiger partial charge in [-0.25, -0.2) is 9.59 Å². The number of ether oxygens (including phenoxy) is 2. The lowest BCUT2D eigenvalue weighted by Gasteiger charge is -2.29. The second-order valence-electron chi connectivity index (χ2n) is 8.76. The highest BCUT2D eigenvalue weighted by molar-refractivity contribution is 7.16. The molecular formula is C27H27NO6S. The summed E-state index contributed by atoms with van der Waals surface area (Å²) < 4.78 is 9.72. The van der Waals surface area contributed by atoms with Crippen molar-refractivity contribution in [3.05, 3.63) is 63.0 Å². The average molecular weight is 494 g/mol. The maximum Gasteiger partial charge on any atom is 0.346 e. The van der Waals surface area contributed by atoms with Crippen LogP contribution in [-0.4, -0.2) is 37.8 Å². The number of hydrogen-bond donors (Lipinski definition) is 1. The molecule has 7 nitrogen and oxygen atoms in total. The summed E-state index contributed by atoms with van der Waals surface area (Å²) in [4.78, 5) is 49.2. The molecule has 3 rings (SSSR count). The molecular weight excluding hydrogens is 466 g/mol. The van der Waals surface area contributed by atoms with E-state index in [-0.39, 0.29) is 23.2 Å². The molecule has 182 valence electrons. The van der Waals surface area contributed by atoms with Crippen LogP contribution in [0.4, 0.5) is 5.00 Å². The maximum atomic E-state index is 13.1. The van der Waals surface area contributed by atoms with E-state index in [0.717, 1.165) is 35.8 Å². The molecule has 0 unspecified atom stereocenters. The van der Waals surface area contributed by atoms with Crippen molar-refractivity contribution in [1.29, 1.82) is 0 Å². The van der Waals surface area contributed by atoms with Crippen LogP contribution >= 0.6 is 11.3 Å². The number of carbonyl (C=O) groups is 4. The Hall–Kier alpha value is -3.70. The number of amides is 1. The normalized spacial score (nSPS) is 14.1. The molecule has 0 spiro atoms. The number of benzene rings is 1. The Morgan fingerprint density at radius 2 is 1.97 bits per heavy atom. The van der Waals surface area contributed by atoms with Gasteiger partial charge in [0.05, 0.1) is 24.8 Å². The minimum Gasteiger partial charge on any atom is -0.465 e. The van der Waals surface area contributed by atoms with Gasteiger partial charge in [0, 0.05) is 16.5 Å². The first-order chi connectivity index (χ1) is 16.7. The molecule has 1 aliphatic carbocycles. The van der Waals surface area contributed by atoms with Gasteiger partial charge in [-0.2, -0.15) is 0 Å². The number of fused-ring (bicyclic) bond motifs is 1. The largest absolute Gasteiger partial charge is 0.465 e. The van der Waals surface area contributed by atoms with Gasteiger partial charge in [-0.05, 0) is 55.4 Å². The summed E-state index contributed by atoms with van der Waals surface area (Å²) in [5.74, 6) is 4.17. The van der Waals surface area contributed by atoms with Crippen LogP contribution in [0.25, 0.3) is 0 Å². The number of rotatable bonds is 6. The first kappa shape index (κ1) is 25.9. The third kappa shape index (κ3) is 6.25. The zero-order valence-electron chi connectivity index (χ0n) is 20.2. The predicted molar refractivity (Wildman–Crippen MR) is 134 cm³/mol. The fraction of sp³-hybridized carbons (Fsp3) is 0.333. The molecule has 1 aliphatic rings. The van der Waals surface area contributed by atoms with Crippen LogP contribution in [0, 0.1) is 17.3 Å². The highest BCUT2D eigenvalue weighted by Crippen LogP contribution is 2.43. The van der Waals surface area contributed by atoms with E-state index in [1.807, 2.05) is 0 Å². The van der Waals surface area contributed by atoms with Crippen molar-refractivity contribution in [2.24, 2.45) is 5.41 Å². The van der Waals surface area contributed by atoms with Gasteiger partial charge in [-0.1, -0.05) is 31.8 Å². The molecule has 8 heteroatoms. The van der Waals surface area contributed by atoms with Crippen molar-refractivity contribution in [3.63, 3.8) is 0 Å². The van der Waals surface area contributed by atoms with Gasteiger partial charge < -0.3 is 14.8 Å². The molecule has 0 bridgehead atoms. The highest BCUT2D eigenvalue weighted by atomic mass is 32.1. The first-order valence-electron chi connectivity index (χ1n) is 11.2. The summed E-state index contributed by atoms with van der Waals surface area (Å²) in [7, 11) is 1.28. The molecule has 1 N–H and O–H groups in total. The van der Waals surface area contributed by atoms with Gasteiger partial charge in [0.1, 0.15) is 16.9 Å². The van der Waals surface area contributed by atoms with Crippen LogP contribution in [0.5, 0.6) is 0 Å². The molecule has 1 heterocycles. The second-order valence-corrected chi connectivity index (χ2v) is 9.87. The lowest BCUT2D eigenvalue weighted by atomic mass is 9.77. The van der Waals surface area contributed by atoms with Crippen molar-refractivity contribution >= 4 is 40.5 Å². The predicted octanol–water partition coefficient (Wildman–Crippen LogP) is 4.34. The third-order valence-electron chi connectivity index (χ3n) is 5.61. The van der Waals surface area contributed by atoms with E-state index in [1.165, 1.54) is 24.5 Å². The molecule has 2 aromatic rings. The van der Waals surface area contributed by atoms with E-state index >= 15 is 0 Å². The van der Waals surface area contributed by atoms with Gasteiger partial charge in [0.25, 0.3) is 5.91 Å². The lowest BCUT2D eigenvalue weighted by Crippen LogP contribution is -2.21. The SMILES string of the molecule is CCOC(=O)/C(C#Cc1c(NC(=O)c2cccc(C(=O)OC)c2)sc2c1CCC(C)(C)C2)=C/C=O. The van der Waals surface area contributed by atoms with Crippen molar-refractivity contribution in [2.75, 3.05) is 19.0 Å². The Kier molecular flexibility index (Phi) is 8.26. The Labute approximate surface area is 208 Å². The van der Waals surface area contributed by atoms with E-state index in [1.54, 1.807) is 25.1 Å². The lowest BCUT2D eigenvalue weighted by molar-refractivity contribution is -0.138. The molecule has 1 aromatic carbocycles. The fourth-order valence-electron chi connectivity index (χ4n) is 3.77. The zero-order valence-corrected chi connectivity index (χ0v) is 21.0. The summed E-state index contributed by atoms with van der Waals surface area (Å²) >= 11 is 1.45. The molecule has 35 heavy (non-hydrogen) atoms. The first-order valence-corrected chi connectivity index (χ1v) is 12.0. The van der Waals surface area contributed by atoms with Gasteiger partial charge in [-0.15, -0.1) is 11.3 Å². The van der Waals surface area contributed by atoms with Gasteiger partial charge in [-0.3, -0.25) is 9.59 Å². The summed E-state index contributed by atoms with van der Waals surface area (Å²) in [5.41, 5.74) is 2.29. The van der Waals surface area contributed by atoms with Crippen LogP contribution in [0.1, 0.15) is 63.9 Å². The van der Waals surface area contributed by atoms with Gasteiger partial charge >= 0.3 is 11.9 Å². The molecule has 0 aliphatic heterocycles. The summed E-state index contributed by atoms with van der Waals surface area (Å²) in [6, 6.07) is 6.26. The van der Waals surface area contributed by atoms with Gasteiger partial charge in [0.2, 0.25) is 0 Å². The zero-order chi connectivity index (χ0) is 25.6. The number of nitrogens with one attached hydrogen (secondary N) is 1. The number of esters is 2. The maximum absolute atomic E-state index is 13.1. The fourth-order valence-corrected chi connectivity index (χ4v) is 5.23. The number of allylic oxidation sites excluding steroid dienone is 1. The molecule has 0 atom stereocenters. The second kappa shape index (κ2) is 11.2. The summed E-state index contributed by atoms with van der Waals surface area (Å²) in [6.07, 6.45) is 4.13. The number of anilines is 1. The third-order valence-corrected chi connectivity index (χ3v) is 6.75. The van der Waals surface area contributed by atoms with Crippen LogP contribution in [0.2, 0.25) is 0 Å². The van der Waals surface area contributed by atoms with E-state index in [2.05, 4.69) is 31.0 Å². The van der Waals surface area contributed by atoms with E-state index in [4.69, 9.17) is 9.47 Å². The van der Waals surface area contributed by atoms with Gasteiger partial charge in [0.15, 0.2) is 0 Å². The smallest absolute Gasteiger partial charge is 0.346 e. The number of carbonyl (C=O) groups excluding carboxylic acids is 4. The molecule has 0 fully saturated rings. The molecule has 0 saturated heterocycles. The standard InChI is InChI=1S/C27H27NO6S/c1-5-34-26(32)17(12-14-29)9-10-21-20-11-13-27(2,3)16-22(20)35-24(21)28-23(30)18-7-6-8-19(15-18)25(31)33-4/h6-8,12,14-15H,5,11,13,16H2,1-4H3,(H,28,30)/b17-12+. The monoisotopic (exact) mass is 493 g/mol. The van der Waals surface area contributed by atoms with Crippen LogP contribution in [0.15, 0.2) is 35.9 Å². The molecule has 1 amide bonds. The number of hydrogen-bond acceptors (Lipinski definition) is 7. The molecule has 0 radical (unpaired) electrons. The van der Waals surface area contributed by atoms with Crippen molar-refractivity contribution < 1.29 is 28.7 Å². The summed E-state index contributed by atoms with van der Waals surface area (Å²) in [6.45, 7) is 6.22. The van der Waals surface area contributed by atoms with Crippen LogP contribution in [-0.2, 0) is 31.9 Å². The van der Waals surface area contributed by atoms with E-state index < -0.39 is 17.8 Å². The van der Waals surface area contributed by atoms with Crippen molar-refractivity contribution in [1.82, 2.24) is 0 Å². The van der Waals surface area contributed by atoms with E-state index in [0.29, 0.717) is 22.4 Å². The Balaban J connectivity index is 2.01. The Morgan fingerprint density at radius 3 is 2.66 bits per heavy atom. The average Bonchev–Trinajstić information content (AvgIpc) is 3.15. The van der Waals surface area contributed by atoms with Crippen molar-refractivity contribution in [3.8, 4) is 11.8 Å². The van der Waals surface area contributed by atoms with Crippen molar-refractivity contribution in [2.45, 2.75) is 40.0 Å². The number of thiophene rings is 1. The van der Waals surface area contributed by atoms with E-state index in [9.17, 15) is 19.2 Å². The minimum absolute atomic E-state index is 0.0546. The minimum atomic E-state index is -0.678. The van der Waals surface area contributed by atoms with Crippen LogP contribution < -0.4 is 5.32 Å². The molecule has 1 aromatic heterocycles.